The molecule has 0 spiro atoms. The van der Waals surface area contributed by atoms with Gasteiger partial charge in [0.2, 0.25) is 5.78 Å². The van der Waals surface area contributed by atoms with Gasteiger partial charge in [0.25, 0.3) is 0 Å². The van der Waals surface area contributed by atoms with Crippen molar-refractivity contribution in [1.29, 1.82) is 0 Å². The minimum Gasteiger partial charge on any atom is -0.497 e. The Labute approximate surface area is 147 Å². The van der Waals surface area contributed by atoms with Crippen molar-refractivity contribution in [3.05, 3.63) is 58.7 Å². The van der Waals surface area contributed by atoms with Crippen LogP contribution >= 0.6 is 0 Å². The molecule has 2 aromatic carbocycles. The highest BCUT2D eigenvalue weighted by Crippen LogP contribution is 2.23. The molecule has 0 aliphatic heterocycles. The number of ketones is 1. The van der Waals surface area contributed by atoms with Gasteiger partial charge in [-0.05, 0) is 50.1 Å². The van der Waals surface area contributed by atoms with E-state index in [1.807, 2.05) is 19.9 Å². The second kappa shape index (κ2) is 7.83. The molecule has 2 rings (SSSR count). The fourth-order valence-electron chi connectivity index (χ4n) is 2.34. The van der Waals surface area contributed by atoms with Crippen LogP contribution in [-0.4, -0.2) is 32.1 Å². The van der Waals surface area contributed by atoms with E-state index in [1.54, 1.807) is 25.1 Å². The zero-order valence-corrected chi connectivity index (χ0v) is 15.1. The minimum atomic E-state index is -0.896. The molecule has 1 atom stereocenters. The number of rotatable bonds is 6. The van der Waals surface area contributed by atoms with Gasteiger partial charge in [-0.1, -0.05) is 12.1 Å². The Morgan fingerprint density at radius 2 is 1.44 bits per heavy atom. The zero-order valence-electron chi connectivity index (χ0n) is 15.1. The van der Waals surface area contributed by atoms with Crippen LogP contribution in [0.2, 0.25) is 0 Å². The molecule has 0 aliphatic carbocycles. The third kappa shape index (κ3) is 4.38. The Hall–Kier alpha value is -2.82. The molecule has 0 N–H and O–H groups in total. The Bertz CT molecular complexity index is 772. The van der Waals surface area contributed by atoms with E-state index in [0.717, 1.165) is 11.1 Å². The molecule has 0 unspecified atom stereocenters. The van der Waals surface area contributed by atoms with Crippen LogP contribution in [0.15, 0.2) is 36.4 Å². The fraction of sp³-hybridized carbons (Fsp3) is 0.300. The van der Waals surface area contributed by atoms with Crippen LogP contribution in [-0.2, 0) is 4.74 Å². The summed E-state index contributed by atoms with van der Waals surface area (Å²) in [7, 11) is 2.99. The molecule has 0 bridgehead atoms. The Balaban J connectivity index is 2.16. The molecule has 0 heterocycles. The Morgan fingerprint density at radius 1 is 0.840 bits per heavy atom. The predicted molar refractivity (Wildman–Crippen MR) is 94.7 cm³/mol. The molecule has 0 fully saturated rings. The summed E-state index contributed by atoms with van der Waals surface area (Å²) in [5, 5.41) is 0. The largest absolute Gasteiger partial charge is 0.497 e. The summed E-state index contributed by atoms with van der Waals surface area (Å²) >= 11 is 0. The van der Waals surface area contributed by atoms with Gasteiger partial charge in [-0.2, -0.15) is 0 Å². The maximum atomic E-state index is 12.5. The number of Topliss-reactive ketones (excluding diaryl/α,β-unsaturated/α-hetero) is 1. The first-order valence-corrected chi connectivity index (χ1v) is 7.91. The van der Waals surface area contributed by atoms with E-state index in [9.17, 15) is 9.59 Å². The molecule has 0 aromatic heterocycles. The van der Waals surface area contributed by atoms with E-state index in [-0.39, 0.29) is 11.3 Å². The van der Waals surface area contributed by atoms with Crippen molar-refractivity contribution in [2.24, 2.45) is 0 Å². The van der Waals surface area contributed by atoms with Crippen LogP contribution in [0.1, 0.15) is 38.8 Å². The van der Waals surface area contributed by atoms with Crippen molar-refractivity contribution in [2.75, 3.05) is 14.2 Å². The predicted octanol–water partition coefficient (Wildman–Crippen LogP) is 3.75. The Morgan fingerprint density at radius 3 is 1.96 bits per heavy atom. The van der Waals surface area contributed by atoms with E-state index in [1.165, 1.54) is 26.4 Å². The van der Waals surface area contributed by atoms with Gasteiger partial charge in [-0.3, -0.25) is 4.79 Å². The van der Waals surface area contributed by atoms with Crippen LogP contribution in [0.3, 0.4) is 0 Å². The van der Waals surface area contributed by atoms with Gasteiger partial charge < -0.3 is 14.2 Å². The molecule has 132 valence electrons. The van der Waals surface area contributed by atoms with Crippen molar-refractivity contribution in [2.45, 2.75) is 26.9 Å². The van der Waals surface area contributed by atoms with Crippen molar-refractivity contribution >= 4 is 11.8 Å². The van der Waals surface area contributed by atoms with Crippen LogP contribution < -0.4 is 9.47 Å². The first-order chi connectivity index (χ1) is 11.8. The minimum absolute atomic E-state index is 0.244. The quantitative estimate of drug-likeness (QED) is 0.591. The summed E-state index contributed by atoms with van der Waals surface area (Å²) in [4.78, 5) is 24.9. The average Bonchev–Trinajstić information content (AvgIpc) is 2.62. The van der Waals surface area contributed by atoms with Gasteiger partial charge in [0.1, 0.15) is 11.5 Å². The lowest BCUT2D eigenvalue weighted by Gasteiger charge is -2.14. The van der Waals surface area contributed by atoms with Crippen molar-refractivity contribution < 1.29 is 23.8 Å². The van der Waals surface area contributed by atoms with E-state index in [0.29, 0.717) is 17.1 Å². The average molecular weight is 342 g/mol. The van der Waals surface area contributed by atoms with E-state index in [4.69, 9.17) is 14.2 Å². The van der Waals surface area contributed by atoms with Gasteiger partial charge in [-0.15, -0.1) is 0 Å². The molecule has 25 heavy (non-hydrogen) atoms. The van der Waals surface area contributed by atoms with Gasteiger partial charge in [-0.25, -0.2) is 4.79 Å². The van der Waals surface area contributed by atoms with Crippen molar-refractivity contribution in [1.82, 2.24) is 0 Å². The molecule has 5 heteroatoms. The number of methoxy groups -OCH3 is 2. The van der Waals surface area contributed by atoms with E-state index >= 15 is 0 Å². The van der Waals surface area contributed by atoms with Crippen molar-refractivity contribution in [3.63, 3.8) is 0 Å². The highest BCUT2D eigenvalue weighted by molar-refractivity contribution is 6.01. The van der Waals surface area contributed by atoms with Crippen LogP contribution in [0, 0.1) is 13.8 Å². The summed E-state index contributed by atoms with van der Waals surface area (Å²) in [6.07, 6.45) is -0.896. The number of carbonyl (C=O) groups excluding carboxylic acids is 2. The van der Waals surface area contributed by atoms with Crippen LogP contribution in [0.5, 0.6) is 11.5 Å². The normalized spacial score (nSPS) is 11.6. The first-order valence-electron chi connectivity index (χ1n) is 7.91. The van der Waals surface area contributed by atoms with Crippen LogP contribution in [0.4, 0.5) is 0 Å². The number of aryl methyl sites for hydroxylation is 2. The topological polar surface area (TPSA) is 61.8 Å². The molecule has 5 nitrogen and oxygen atoms in total. The molecule has 0 amide bonds. The monoisotopic (exact) mass is 342 g/mol. The lowest BCUT2D eigenvalue weighted by atomic mass is 10.0. The number of esters is 1. The molecule has 2 aromatic rings. The number of benzene rings is 2. The maximum absolute atomic E-state index is 12.5. The summed E-state index contributed by atoms with van der Waals surface area (Å²) in [6.45, 7) is 5.47. The fourth-order valence-corrected chi connectivity index (χ4v) is 2.34. The molecular formula is C20H22O5. The summed E-state index contributed by atoms with van der Waals surface area (Å²) < 4.78 is 15.6. The van der Waals surface area contributed by atoms with E-state index < -0.39 is 12.1 Å². The highest BCUT2D eigenvalue weighted by Gasteiger charge is 2.21. The summed E-state index contributed by atoms with van der Waals surface area (Å²) in [5.74, 6) is 0.0899. The third-order valence-corrected chi connectivity index (χ3v) is 4.03. The molecular weight excluding hydrogens is 320 g/mol. The molecule has 0 aliphatic rings. The first kappa shape index (κ1) is 18.5. The molecule has 0 radical (unpaired) electrons. The number of ether oxygens (including phenoxy) is 3. The Kier molecular flexibility index (Phi) is 5.80. The smallest absolute Gasteiger partial charge is 0.339 e. The maximum Gasteiger partial charge on any atom is 0.339 e. The second-order valence-electron chi connectivity index (χ2n) is 5.81. The highest BCUT2D eigenvalue weighted by atomic mass is 16.5. The lowest BCUT2D eigenvalue weighted by Crippen LogP contribution is -2.24. The number of hydrogen-bond donors (Lipinski definition) is 0. The van der Waals surface area contributed by atoms with Crippen LogP contribution in [0.25, 0.3) is 0 Å². The van der Waals surface area contributed by atoms with Gasteiger partial charge in [0.05, 0.1) is 19.8 Å². The molecule has 0 saturated heterocycles. The van der Waals surface area contributed by atoms with Crippen molar-refractivity contribution in [3.8, 4) is 11.5 Å². The van der Waals surface area contributed by atoms with Gasteiger partial charge in [0, 0.05) is 11.6 Å². The standard InChI is InChI=1S/C20H22O5/c1-12-6-7-15(8-13(12)2)19(21)14(3)25-20(22)16-9-17(23-4)11-18(10-16)24-5/h6-11,14H,1-5H3/t14-/m1/s1. The SMILES string of the molecule is COc1cc(OC)cc(C(=O)O[C@H](C)C(=O)c2ccc(C)c(C)c2)c1. The number of hydrogen-bond acceptors (Lipinski definition) is 5. The zero-order chi connectivity index (χ0) is 18.6. The number of carbonyl (C=O) groups is 2. The summed E-state index contributed by atoms with van der Waals surface area (Å²) in [6, 6.07) is 10.2. The van der Waals surface area contributed by atoms with E-state index in [2.05, 4.69) is 0 Å². The lowest BCUT2D eigenvalue weighted by molar-refractivity contribution is 0.0318. The summed E-state index contributed by atoms with van der Waals surface area (Å²) in [5.41, 5.74) is 2.90. The second-order valence-corrected chi connectivity index (χ2v) is 5.81. The van der Waals surface area contributed by atoms with Gasteiger partial charge in [0.15, 0.2) is 6.10 Å². The third-order valence-electron chi connectivity index (χ3n) is 4.03. The molecule has 0 saturated carbocycles. The van der Waals surface area contributed by atoms with Gasteiger partial charge >= 0.3 is 5.97 Å².